The zero-order valence-corrected chi connectivity index (χ0v) is 12.7. The van der Waals surface area contributed by atoms with Crippen LogP contribution in [0, 0.1) is 12.7 Å². The number of ketones is 1. The van der Waals surface area contributed by atoms with E-state index in [2.05, 4.69) is 0 Å². The van der Waals surface area contributed by atoms with Gasteiger partial charge in [-0.1, -0.05) is 29.8 Å². The highest BCUT2D eigenvalue weighted by Crippen LogP contribution is 2.10. The summed E-state index contributed by atoms with van der Waals surface area (Å²) >= 11 is 0. The minimum atomic E-state index is -1.07. The van der Waals surface area contributed by atoms with E-state index >= 15 is 0 Å². The highest BCUT2D eigenvalue weighted by molar-refractivity contribution is 7.84. The molecule has 0 aliphatic carbocycles. The van der Waals surface area contributed by atoms with Crippen molar-refractivity contribution in [1.29, 1.82) is 0 Å². The number of halogens is 1. The summed E-state index contributed by atoms with van der Waals surface area (Å²) in [6.45, 7) is 1.99. The Hall–Kier alpha value is -1.81. The highest BCUT2D eigenvalue weighted by Gasteiger charge is 2.09. The van der Waals surface area contributed by atoms with Gasteiger partial charge in [0.25, 0.3) is 0 Å². The van der Waals surface area contributed by atoms with Crippen LogP contribution in [0.5, 0.6) is 0 Å². The van der Waals surface area contributed by atoms with E-state index in [0.29, 0.717) is 17.1 Å². The maximum absolute atomic E-state index is 12.8. The number of hydrogen-bond acceptors (Lipinski definition) is 2. The first-order chi connectivity index (χ1) is 10.0. The molecule has 2 aromatic rings. The second-order valence-electron chi connectivity index (χ2n) is 4.96. The van der Waals surface area contributed by atoms with Gasteiger partial charge in [0, 0.05) is 34.3 Å². The predicted octanol–water partition coefficient (Wildman–Crippen LogP) is 3.66. The van der Waals surface area contributed by atoms with Gasteiger partial charge in [0.15, 0.2) is 5.78 Å². The maximum atomic E-state index is 12.8. The quantitative estimate of drug-likeness (QED) is 0.763. The molecule has 4 heteroatoms. The summed E-state index contributed by atoms with van der Waals surface area (Å²) in [6, 6.07) is 13.3. The number of rotatable bonds is 6. The van der Waals surface area contributed by atoms with Crippen molar-refractivity contribution >= 4 is 16.6 Å². The molecule has 2 rings (SSSR count). The van der Waals surface area contributed by atoms with Crippen LogP contribution in [-0.4, -0.2) is 15.7 Å². The third kappa shape index (κ3) is 4.90. The summed E-state index contributed by atoms with van der Waals surface area (Å²) in [5, 5.41) is 0. The molecule has 0 aliphatic heterocycles. The van der Waals surface area contributed by atoms with Crippen molar-refractivity contribution in [3.8, 4) is 0 Å². The molecule has 0 bridgehead atoms. The van der Waals surface area contributed by atoms with Crippen molar-refractivity contribution in [2.45, 2.75) is 19.1 Å². The molecular weight excluding hydrogens is 287 g/mol. The van der Waals surface area contributed by atoms with Crippen molar-refractivity contribution in [2.24, 2.45) is 0 Å². The van der Waals surface area contributed by atoms with Crippen LogP contribution >= 0.6 is 0 Å². The molecule has 0 heterocycles. The smallest absolute Gasteiger partial charge is 0.163 e. The molecule has 2 nitrogen and oxygen atoms in total. The third-order valence-electron chi connectivity index (χ3n) is 3.13. The van der Waals surface area contributed by atoms with Crippen molar-refractivity contribution in [3.05, 3.63) is 71.0 Å². The Labute approximate surface area is 126 Å². The fourth-order valence-corrected chi connectivity index (χ4v) is 3.16. The van der Waals surface area contributed by atoms with Crippen molar-refractivity contribution < 1.29 is 13.4 Å². The van der Waals surface area contributed by atoms with E-state index in [9.17, 15) is 13.4 Å². The minimum Gasteiger partial charge on any atom is -0.294 e. The summed E-state index contributed by atoms with van der Waals surface area (Å²) in [6.07, 6.45) is 0.212. The second kappa shape index (κ2) is 7.27. The molecule has 0 N–H and O–H groups in total. The molecule has 1 atom stereocenters. The number of benzene rings is 2. The van der Waals surface area contributed by atoms with Gasteiger partial charge in [0.05, 0.1) is 0 Å². The van der Waals surface area contributed by atoms with Gasteiger partial charge in [0.1, 0.15) is 5.82 Å². The fourth-order valence-electron chi connectivity index (χ4n) is 2.05. The van der Waals surface area contributed by atoms with Gasteiger partial charge in [0.2, 0.25) is 0 Å². The van der Waals surface area contributed by atoms with Crippen LogP contribution in [0.25, 0.3) is 0 Å². The molecule has 0 aliphatic rings. The lowest BCUT2D eigenvalue weighted by Crippen LogP contribution is -2.08. The largest absolute Gasteiger partial charge is 0.294 e. The Kier molecular flexibility index (Phi) is 5.39. The minimum absolute atomic E-state index is 0.104. The van der Waals surface area contributed by atoms with Gasteiger partial charge in [-0.15, -0.1) is 0 Å². The normalized spacial score (nSPS) is 12.1. The summed E-state index contributed by atoms with van der Waals surface area (Å²) in [5.41, 5.74) is 2.61. The molecule has 0 saturated heterocycles. The molecule has 0 aromatic heterocycles. The highest BCUT2D eigenvalue weighted by atomic mass is 32.2. The summed E-state index contributed by atoms with van der Waals surface area (Å²) in [4.78, 5) is 11.9. The lowest BCUT2D eigenvalue weighted by Gasteiger charge is -2.04. The van der Waals surface area contributed by atoms with Crippen molar-refractivity contribution in [1.82, 2.24) is 0 Å². The number of Topliss-reactive ketones (excluding diaryl/α,β-unsaturated/α-hetero) is 1. The van der Waals surface area contributed by atoms with Crippen LogP contribution in [0.1, 0.15) is 27.9 Å². The molecule has 0 fully saturated rings. The van der Waals surface area contributed by atoms with Crippen LogP contribution in [0.15, 0.2) is 48.5 Å². The van der Waals surface area contributed by atoms with E-state index in [1.165, 1.54) is 24.3 Å². The topological polar surface area (TPSA) is 34.1 Å². The SMILES string of the molecule is Cc1cccc(CS(=O)CCC(=O)c2ccc(F)cc2)c1. The van der Waals surface area contributed by atoms with E-state index in [1.807, 2.05) is 31.2 Å². The summed E-state index contributed by atoms with van der Waals surface area (Å²) < 4.78 is 24.8. The van der Waals surface area contributed by atoms with Crippen LogP contribution < -0.4 is 0 Å². The average molecular weight is 304 g/mol. The number of hydrogen-bond donors (Lipinski definition) is 0. The number of aryl methyl sites for hydroxylation is 1. The van der Waals surface area contributed by atoms with Crippen molar-refractivity contribution in [3.63, 3.8) is 0 Å². The molecule has 2 aromatic carbocycles. The third-order valence-corrected chi connectivity index (χ3v) is 4.45. The van der Waals surface area contributed by atoms with Crippen LogP contribution in [0.4, 0.5) is 4.39 Å². The van der Waals surface area contributed by atoms with E-state index < -0.39 is 10.8 Å². The van der Waals surface area contributed by atoms with Gasteiger partial charge >= 0.3 is 0 Å². The van der Waals surface area contributed by atoms with E-state index in [0.717, 1.165) is 11.1 Å². The maximum Gasteiger partial charge on any atom is 0.163 e. The van der Waals surface area contributed by atoms with Crippen molar-refractivity contribution in [2.75, 3.05) is 5.75 Å². The van der Waals surface area contributed by atoms with Crippen LogP contribution in [0.3, 0.4) is 0 Å². The zero-order chi connectivity index (χ0) is 15.2. The lowest BCUT2D eigenvalue weighted by atomic mass is 10.1. The second-order valence-corrected chi connectivity index (χ2v) is 6.53. The molecule has 0 spiro atoms. The standard InChI is InChI=1S/C17H17FO2S/c1-13-3-2-4-14(11-13)12-21(20)10-9-17(19)15-5-7-16(18)8-6-15/h2-8,11H,9-10,12H2,1H3. The molecule has 110 valence electrons. The predicted molar refractivity (Wildman–Crippen MR) is 83.2 cm³/mol. The summed E-state index contributed by atoms with van der Waals surface area (Å²) in [7, 11) is -1.07. The summed E-state index contributed by atoms with van der Waals surface area (Å²) in [5.74, 6) is 0.310. The van der Waals surface area contributed by atoms with E-state index in [-0.39, 0.29) is 18.0 Å². The first-order valence-electron chi connectivity index (χ1n) is 6.74. The van der Waals surface area contributed by atoms with E-state index in [4.69, 9.17) is 0 Å². The Balaban J connectivity index is 1.86. The monoisotopic (exact) mass is 304 g/mol. The van der Waals surface area contributed by atoms with Crippen LogP contribution in [0.2, 0.25) is 0 Å². The lowest BCUT2D eigenvalue weighted by molar-refractivity contribution is 0.0989. The Bertz CT molecular complexity index is 650. The average Bonchev–Trinajstić information content (AvgIpc) is 2.45. The zero-order valence-electron chi connectivity index (χ0n) is 11.8. The van der Waals surface area contributed by atoms with Gasteiger partial charge in [-0.05, 0) is 36.8 Å². The first-order valence-corrected chi connectivity index (χ1v) is 8.22. The molecule has 0 amide bonds. The Morgan fingerprint density at radius 2 is 1.86 bits per heavy atom. The molecule has 1 unspecified atom stereocenters. The number of carbonyl (C=O) groups excluding carboxylic acids is 1. The molecular formula is C17H17FO2S. The fraction of sp³-hybridized carbons (Fsp3) is 0.235. The molecule has 21 heavy (non-hydrogen) atoms. The first kappa shape index (κ1) is 15.6. The molecule has 0 saturated carbocycles. The van der Waals surface area contributed by atoms with Gasteiger partial charge in [-0.3, -0.25) is 9.00 Å². The van der Waals surface area contributed by atoms with E-state index in [1.54, 1.807) is 0 Å². The van der Waals surface area contributed by atoms with Gasteiger partial charge in [-0.2, -0.15) is 0 Å². The number of carbonyl (C=O) groups is 1. The Morgan fingerprint density at radius 1 is 1.14 bits per heavy atom. The Morgan fingerprint density at radius 3 is 2.52 bits per heavy atom. The van der Waals surface area contributed by atoms with Crippen LogP contribution in [-0.2, 0) is 16.6 Å². The molecule has 0 radical (unpaired) electrons. The van der Waals surface area contributed by atoms with Gasteiger partial charge < -0.3 is 0 Å². The van der Waals surface area contributed by atoms with Gasteiger partial charge in [-0.25, -0.2) is 4.39 Å².